The summed E-state index contributed by atoms with van der Waals surface area (Å²) in [5.74, 6) is -0.541. The number of nitrogens with zero attached hydrogens (tertiary/aromatic N) is 2. The molecule has 2 aromatic carbocycles. The highest BCUT2D eigenvalue weighted by molar-refractivity contribution is 7.92. The van der Waals surface area contributed by atoms with E-state index in [2.05, 4.69) is 5.32 Å². The zero-order chi connectivity index (χ0) is 27.0. The van der Waals surface area contributed by atoms with Gasteiger partial charge in [0, 0.05) is 12.6 Å². The molecule has 0 bridgehead atoms. The Balaban J connectivity index is 1.88. The van der Waals surface area contributed by atoms with Gasteiger partial charge in [-0.2, -0.15) is 0 Å². The second-order valence-electron chi connectivity index (χ2n) is 10.1. The molecule has 7 nitrogen and oxygen atoms in total. The molecule has 1 N–H and O–H groups in total. The molecule has 2 amide bonds. The Morgan fingerprint density at radius 3 is 2.30 bits per heavy atom. The standard InChI is InChI=1S/C29H41N3O4S/c1-5-26(29(34)30-25-14-10-7-11-15-25)31(19-18-24-12-8-6-9-13-24)28(33)21-32(37(4,35)36)27-17-16-22(2)20-23(27)3/h6,8-9,12-13,16-17,20,25-26H,5,7,10-11,14-15,18-19,21H2,1-4H3,(H,30,34). The fraction of sp³-hybridized carbons (Fsp3) is 0.517. The van der Waals surface area contributed by atoms with Crippen LogP contribution < -0.4 is 9.62 Å². The number of carbonyl (C=O) groups is 2. The van der Waals surface area contributed by atoms with Crippen LogP contribution in [0.25, 0.3) is 0 Å². The Labute approximate surface area is 222 Å². The number of benzene rings is 2. The molecule has 1 aliphatic rings. The maximum absolute atomic E-state index is 13.8. The van der Waals surface area contributed by atoms with E-state index < -0.39 is 16.1 Å². The number of hydrogen-bond donors (Lipinski definition) is 1. The van der Waals surface area contributed by atoms with E-state index in [0.29, 0.717) is 25.1 Å². The highest BCUT2D eigenvalue weighted by atomic mass is 32.2. The van der Waals surface area contributed by atoms with Crippen molar-refractivity contribution in [2.24, 2.45) is 0 Å². The van der Waals surface area contributed by atoms with E-state index in [1.54, 1.807) is 11.0 Å². The lowest BCUT2D eigenvalue weighted by Crippen LogP contribution is -2.54. The molecule has 0 spiro atoms. The monoisotopic (exact) mass is 527 g/mol. The highest BCUT2D eigenvalue weighted by Gasteiger charge is 2.32. The summed E-state index contributed by atoms with van der Waals surface area (Å²) in [6.45, 7) is 5.64. The number of hydrogen-bond acceptors (Lipinski definition) is 4. The van der Waals surface area contributed by atoms with Gasteiger partial charge in [-0.1, -0.05) is 74.2 Å². The van der Waals surface area contributed by atoms with Crippen LogP contribution in [-0.2, 0) is 26.0 Å². The number of nitrogens with one attached hydrogen (secondary N) is 1. The largest absolute Gasteiger partial charge is 0.352 e. The third-order valence-corrected chi connectivity index (χ3v) is 8.25. The molecule has 8 heteroatoms. The van der Waals surface area contributed by atoms with Crippen LogP contribution in [-0.4, -0.2) is 56.6 Å². The zero-order valence-corrected chi connectivity index (χ0v) is 23.4. The predicted octanol–water partition coefficient (Wildman–Crippen LogP) is 4.37. The van der Waals surface area contributed by atoms with Gasteiger partial charge in [0.2, 0.25) is 21.8 Å². The molecule has 0 heterocycles. The van der Waals surface area contributed by atoms with Crippen LogP contribution in [0.3, 0.4) is 0 Å². The van der Waals surface area contributed by atoms with Gasteiger partial charge in [0.05, 0.1) is 11.9 Å². The van der Waals surface area contributed by atoms with Crippen LogP contribution in [0.1, 0.15) is 62.1 Å². The van der Waals surface area contributed by atoms with Gasteiger partial charge in [0.15, 0.2) is 0 Å². The van der Waals surface area contributed by atoms with Gasteiger partial charge in [-0.05, 0) is 56.7 Å². The number of anilines is 1. The van der Waals surface area contributed by atoms with Crippen molar-refractivity contribution in [3.05, 3.63) is 65.2 Å². The average molecular weight is 528 g/mol. The normalized spacial score (nSPS) is 15.1. The average Bonchev–Trinajstić information content (AvgIpc) is 2.86. The van der Waals surface area contributed by atoms with Gasteiger partial charge in [-0.15, -0.1) is 0 Å². The molecule has 1 saturated carbocycles. The molecule has 1 aliphatic carbocycles. The Morgan fingerprint density at radius 1 is 1.03 bits per heavy atom. The van der Waals surface area contributed by atoms with Crippen molar-refractivity contribution >= 4 is 27.5 Å². The second kappa shape index (κ2) is 13.1. The highest BCUT2D eigenvalue weighted by Crippen LogP contribution is 2.24. The Morgan fingerprint density at radius 2 is 1.70 bits per heavy atom. The van der Waals surface area contributed by atoms with Gasteiger partial charge < -0.3 is 10.2 Å². The van der Waals surface area contributed by atoms with Gasteiger partial charge >= 0.3 is 0 Å². The van der Waals surface area contributed by atoms with Crippen LogP contribution in [0.15, 0.2) is 48.5 Å². The minimum Gasteiger partial charge on any atom is -0.352 e. The fourth-order valence-corrected chi connectivity index (χ4v) is 6.03. The first kappa shape index (κ1) is 28.7. The van der Waals surface area contributed by atoms with Gasteiger partial charge in [-0.3, -0.25) is 13.9 Å². The molecule has 1 unspecified atom stereocenters. The first-order chi connectivity index (χ1) is 17.6. The van der Waals surface area contributed by atoms with Crippen molar-refractivity contribution in [1.82, 2.24) is 10.2 Å². The molecule has 3 rings (SSSR count). The quantitative estimate of drug-likeness (QED) is 0.470. The summed E-state index contributed by atoms with van der Waals surface area (Å²) in [5, 5.41) is 3.17. The summed E-state index contributed by atoms with van der Waals surface area (Å²) >= 11 is 0. The molecule has 0 aliphatic heterocycles. The van der Waals surface area contributed by atoms with Crippen LogP contribution >= 0.6 is 0 Å². The van der Waals surface area contributed by atoms with E-state index in [4.69, 9.17) is 0 Å². The molecule has 37 heavy (non-hydrogen) atoms. The third-order valence-electron chi connectivity index (χ3n) is 7.12. The molecule has 0 saturated heterocycles. The fourth-order valence-electron chi connectivity index (χ4n) is 5.12. The number of amides is 2. The summed E-state index contributed by atoms with van der Waals surface area (Å²) in [7, 11) is -3.74. The Bertz CT molecular complexity index is 1160. The molecule has 2 aromatic rings. The molecule has 0 aromatic heterocycles. The van der Waals surface area contributed by atoms with E-state index in [1.807, 2.05) is 63.2 Å². The zero-order valence-electron chi connectivity index (χ0n) is 22.6. The maximum atomic E-state index is 13.8. The molecule has 0 radical (unpaired) electrons. The van der Waals surface area contributed by atoms with E-state index in [9.17, 15) is 18.0 Å². The van der Waals surface area contributed by atoms with Crippen molar-refractivity contribution in [1.29, 1.82) is 0 Å². The van der Waals surface area contributed by atoms with Crippen molar-refractivity contribution in [3.63, 3.8) is 0 Å². The molecule has 1 fully saturated rings. The van der Waals surface area contributed by atoms with Crippen LogP contribution in [0.5, 0.6) is 0 Å². The summed E-state index contributed by atoms with van der Waals surface area (Å²) < 4.78 is 26.8. The van der Waals surface area contributed by atoms with E-state index in [0.717, 1.165) is 52.9 Å². The molecule has 1 atom stereocenters. The maximum Gasteiger partial charge on any atom is 0.244 e. The van der Waals surface area contributed by atoms with Crippen LogP contribution in [0.4, 0.5) is 5.69 Å². The second-order valence-corrected chi connectivity index (χ2v) is 12.1. The van der Waals surface area contributed by atoms with E-state index >= 15 is 0 Å². The third kappa shape index (κ3) is 8.06. The SMILES string of the molecule is CCC(C(=O)NC1CCCCC1)N(CCc1ccccc1)C(=O)CN(c1ccc(C)cc1C)S(C)(=O)=O. The van der Waals surface area contributed by atoms with Crippen molar-refractivity contribution in [2.45, 2.75) is 77.8 Å². The Hall–Kier alpha value is -2.87. The van der Waals surface area contributed by atoms with Gasteiger partial charge in [0.1, 0.15) is 12.6 Å². The minimum atomic E-state index is -3.74. The molecular formula is C29H41N3O4S. The molecular weight excluding hydrogens is 486 g/mol. The predicted molar refractivity (Wildman–Crippen MR) is 149 cm³/mol. The van der Waals surface area contributed by atoms with Crippen molar-refractivity contribution in [3.8, 4) is 0 Å². The summed E-state index contributed by atoms with van der Waals surface area (Å²) in [6, 6.07) is 14.7. The number of rotatable bonds is 11. The van der Waals surface area contributed by atoms with Crippen molar-refractivity contribution < 1.29 is 18.0 Å². The summed E-state index contributed by atoms with van der Waals surface area (Å²) in [4.78, 5) is 28.8. The van der Waals surface area contributed by atoms with Crippen LogP contribution in [0.2, 0.25) is 0 Å². The molecule has 202 valence electrons. The van der Waals surface area contributed by atoms with Crippen LogP contribution in [0, 0.1) is 13.8 Å². The number of carbonyl (C=O) groups excluding carboxylic acids is 2. The van der Waals surface area contributed by atoms with E-state index in [1.165, 1.54) is 6.42 Å². The van der Waals surface area contributed by atoms with E-state index in [-0.39, 0.29) is 24.4 Å². The minimum absolute atomic E-state index is 0.129. The Kier molecular flexibility index (Phi) is 10.1. The summed E-state index contributed by atoms with van der Waals surface area (Å²) in [6.07, 6.45) is 7.41. The lowest BCUT2D eigenvalue weighted by molar-refractivity contribution is -0.140. The topological polar surface area (TPSA) is 86.8 Å². The first-order valence-corrected chi connectivity index (χ1v) is 15.1. The number of aryl methyl sites for hydroxylation is 2. The lowest BCUT2D eigenvalue weighted by atomic mass is 9.95. The van der Waals surface area contributed by atoms with Gasteiger partial charge in [-0.25, -0.2) is 8.42 Å². The summed E-state index contributed by atoms with van der Waals surface area (Å²) in [5.41, 5.74) is 3.31. The lowest BCUT2D eigenvalue weighted by Gasteiger charge is -2.34. The van der Waals surface area contributed by atoms with Gasteiger partial charge in [0.25, 0.3) is 0 Å². The van der Waals surface area contributed by atoms with Crippen molar-refractivity contribution in [2.75, 3.05) is 23.7 Å². The first-order valence-electron chi connectivity index (χ1n) is 13.3. The smallest absolute Gasteiger partial charge is 0.244 e. The number of sulfonamides is 1.